The van der Waals surface area contributed by atoms with Gasteiger partial charge in [-0.25, -0.2) is 8.98 Å². The Morgan fingerprint density at radius 3 is 2.14 bits per heavy atom. The van der Waals surface area contributed by atoms with Crippen LogP contribution in [0.4, 0.5) is 4.79 Å². The zero-order valence-electron chi connectivity index (χ0n) is 23.6. The molecule has 4 atom stereocenters. The Labute approximate surface area is 222 Å². The maximum atomic E-state index is 12.9. The quantitative estimate of drug-likeness (QED) is 0.359. The fourth-order valence-electron chi connectivity index (χ4n) is 4.06. The van der Waals surface area contributed by atoms with E-state index in [1.807, 2.05) is 33.9 Å². The Hall–Kier alpha value is -1.30. The minimum atomic E-state index is -4.15. The molecule has 3 N–H and O–H groups in total. The number of carbonyl (C=O) groups excluding carboxylic acids is 2. The van der Waals surface area contributed by atoms with Crippen LogP contribution >= 0.6 is 0 Å². The smallest absolute Gasteiger partial charge is 0.326 e. The van der Waals surface area contributed by atoms with Gasteiger partial charge in [-0.15, -0.1) is 0 Å². The fourth-order valence-corrected chi connectivity index (χ4v) is 7.57. The molecule has 3 amide bonds. The zero-order valence-corrected chi connectivity index (χ0v) is 26.4. The van der Waals surface area contributed by atoms with Gasteiger partial charge in [-0.2, -0.15) is 8.42 Å². The zero-order chi connectivity index (χ0) is 28.4. The molecule has 2 saturated heterocycles. The van der Waals surface area contributed by atoms with E-state index in [1.54, 1.807) is 0 Å². The first-order valence-electron chi connectivity index (χ1n) is 12.5. The van der Waals surface area contributed by atoms with Crippen molar-refractivity contribution in [1.82, 2.24) is 10.2 Å². The Morgan fingerprint density at radius 2 is 1.68 bits per heavy atom. The molecule has 0 aromatic carbocycles. The lowest BCUT2D eigenvalue weighted by atomic mass is 9.89. The van der Waals surface area contributed by atoms with E-state index in [0.29, 0.717) is 0 Å². The number of hydrogen-bond acceptors (Lipinski definition) is 9. The van der Waals surface area contributed by atoms with E-state index < -0.39 is 62.7 Å². The molecule has 4 unspecified atom stereocenters. The first-order chi connectivity index (χ1) is 16.5. The molecule has 3 aliphatic rings. The van der Waals surface area contributed by atoms with Crippen molar-refractivity contribution in [3.05, 3.63) is 11.1 Å². The van der Waals surface area contributed by atoms with Crippen molar-refractivity contribution in [2.45, 2.75) is 108 Å². The fraction of sp³-hybridized carbons (Fsp3) is 0.826. The van der Waals surface area contributed by atoms with Gasteiger partial charge >= 0.3 is 6.03 Å². The van der Waals surface area contributed by atoms with Crippen LogP contribution < -0.4 is 11.1 Å². The summed E-state index contributed by atoms with van der Waals surface area (Å²) in [7, 11) is -9.04. The van der Waals surface area contributed by atoms with Crippen molar-refractivity contribution >= 4 is 38.7 Å². The summed E-state index contributed by atoms with van der Waals surface area (Å²) in [5, 5.41) is 2.82. The third-order valence-corrected chi connectivity index (χ3v) is 18.5. The number of hydrogen-bond donors (Lipinski definition) is 2. The normalized spacial score (nSPS) is 31.1. The lowest BCUT2D eigenvalue weighted by Crippen LogP contribution is -2.63. The van der Waals surface area contributed by atoms with Gasteiger partial charge in [0.1, 0.15) is 12.2 Å². The van der Waals surface area contributed by atoms with Gasteiger partial charge in [0.15, 0.2) is 28.5 Å². The van der Waals surface area contributed by atoms with E-state index >= 15 is 0 Å². The summed E-state index contributed by atoms with van der Waals surface area (Å²) >= 11 is 0. The molecule has 0 radical (unpaired) electrons. The Bertz CT molecular complexity index is 1080. The third kappa shape index (κ3) is 5.56. The van der Waals surface area contributed by atoms with Gasteiger partial charge in [-0.3, -0.25) is 15.0 Å². The number of rotatable bonds is 6. The standard InChI is InChI=1S/C23H43N3O8SSi2/c1-21(2,3)36(7,8)31-13-16-23(15(24)14-35(29,30)34-23)18(33-37(9,10)22(4,5)6)19(32-16)26-12-11-17(27)25-20(26)28/h14,16,18-19H,11-13,24H2,1-10H3,(H,25,27,28). The first kappa shape index (κ1) is 30.2. The van der Waals surface area contributed by atoms with Crippen molar-refractivity contribution in [2.24, 2.45) is 5.73 Å². The van der Waals surface area contributed by atoms with Gasteiger partial charge in [-0.05, 0) is 36.3 Å². The largest absolute Gasteiger partial charge is 0.414 e. The predicted octanol–water partition coefficient (Wildman–Crippen LogP) is 2.96. The summed E-state index contributed by atoms with van der Waals surface area (Å²) in [6.45, 7) is 20.7. The van der Waals surface area contributed by atoms with E-state index in [2.05, 4.69) is 39.2 Å². The van der Waals surface area contributed by atoms with Gasteiger partial charge in [0.2, 0.25) is 5.91 Å². The Morgan fingerprint density at radius 1 is 1.11 bits per heavy atom. The number of nitrogens with zero attached hydrogens (tertiary/aromatic N) is 1. The van der Waals surface area contributed by atoms with Gasteiger partial charge in [0.25, 0.3) is 10.1 Å². The van der Waals surface area contributed by atoms with Gasteiger partial charge in [0.05, 0.1) is 17.7 Å². The summed E-state index contributed by atoms with van der Waals surface area (Å²) in [6, 6.07) is -0.644. The third-order valence-electron chi connectivity index (χ3n) is 8.46. The van der Waals surface area contributed by atoms with Crippen LogP contribution in [0.5, 0.6) is 0 Å². The van der Waals surface area contributed by atoms with Crippen molar-refractivity contribution in [1.29, 1.82) is 0 Å². The molecule has 212 valence electrons. The molecule has 14 heteroatoms. The Kier molecular flexibility index (Phi) is 7.70. The molecule has 11 nitrogen and oxygen atoms in total. The number of amides is 3. The van der Waals surface area contributed by atoms with Crippen molar-refractivity contribution in [2.75, 3.05) is 13.2 Å². The van der Waals surface area contributed by atoms with Crippen LogP contribution in [-0.2, 0) is 32.7 Å². The summed E-state index contributed by atoms with van der Waals surface area (Å²) in [5.41, 5.74) is 4.64. The van der Waals surface area contributed by atoms with Gasteiger partial charge in [-0.1, -0.05) is 41.5 Å². The molecule has 0 aliphatic carbocycles. The summed E-state index contributed by atoms with van der Waals surface area (Å²) < 4.78 is 50.9. The first-order valence-corrected chi connectivity index (χ1v) is 19.8. The molecule has 3 rings (SSSR count). The average molecular weight is 578 g/mol. The molecule has 0 bridgehead atoms. The van der Waals surface area contributed by atoms with Crippen molar-refractivity contribution in [3.63, 3.8) is 0 Å². The number of imide groups is 1. The average Bonchev–Trinajstić information content (AvgIpc) is 3.11. The molecular formula is C23H43N3O8SSi2. The molecular weight excluding hydrogens is 535 g/mol. The van der Waals surface area contributed by atoms with Crippen molar-refractivity contribution < 1.29 is 35.8 Å². The van der Waals surface area contributed by atoms with Crippen LogP contribution in [0.25, 0.3) is 0 Å². The highest BCUT2D eigenvalue weighted by Crippen LogP contribution is 2.50. The molecule has 0 aromatic heterocycles. The Balaban J connectivity index is 2.12. The van der Waals surface area contributed by atoms with Crippen LogP contribution in [0, 0.1) is 0 Å². The highest BCUT2D eigenvalue weighted by atomic mass is 32.2. The summed E-state index contributed by atoms with van der Waals surface area (Å²) in [6.07, 6.45) is -3.05. The lowest BCUT2D eigenvalue weighted by Gasteiger charge is -2.45. The lowest BCUT2D eigenvalue weighted by molar-refractivity contribution is -0.125. The van der Waals surface area contributed by atoms with Crippen LogP contribution in [0.3, 0.4) is 0 Å². The topological polar surface area (TPSA) is 146 Å². The highest BCUT2D eigenvalue weighted by Gasteiger charge is 2.68. The predicted molar refractivity (Wildman–Crippen MR) is 144 cm³/mol. The second-order valence-electron chi connectivity index (χ2n) is 13.1. The van der Waals surface area contributed by atoms with Gasteiger partial charge in [0, 0.05) is 13.0 Å². The minimum Gasteiger partial charge on any atom is -0.414 e. The molecule has 3 heterocycles. The van der Waals surface area contributed by atoms with E-state index in [9.17, 15) is 18.0 Å². The molecule has 0 saturated carbocycles. The molecule has 37 heavy (non-hydrogen) atoms. The number of ether oxygens (including phenoxy) is 1. The van der Waals surface area contributed by atoms with Crippen LogP contribution in [0.2, 0.25) is 36.3 Å². The van der Waals surface area contributed by atoms with E-state index in [-0.39, 0.29) is 35.3 Å². The monoisotopic (exact) mass is 577 g/mol. The van der Waals surface area contributed by atoms with Crippen LogP contribution in [0.15, 0.2) is 11.1 Å². The second kappa shape index (κ2) is 9.42. The van der Waals surface area contributed by atoms with E-state index in [4.69, 9.17) is 23.5 Å². The van der Waals surface area contributed by atoms with Crippen molar-refractivity contribution in [3.8, 4) is 0 Å². The maximum absolute atomic E-state index is 12.9. The number of nitrogens with one attached hydrogen (secondary N) is 1. The SMILES string of the molecule is CC(C)(C)[Si](C)(C)OCC1OC(N2CCC(=O)NC2=O)C(O[Si](C)(C)C(C)(C)C)C12OS(=O)(=O)C=C2N. The summed E-state index contributed by atoms with van der Waals surface area (Å²) in [5.74, 6) is -0.396. The molecule has 1 spiro atoms. The number of urea groups is 1. The number of nitrogens with two attached hydrogens (primary N) is 1. The van der Waals surface area contributed by atoms with E-state index in [1.165, 1.54) is 4.90 Å². The number of carbonyl (C=O) groups is 2. The molecule has 0 aromatic rings. The summed E-state index contributed by atoms with van der Waals surface area (Å²) in [4.78, 5) is 26.1. The maximum Gasteiger partial charge on any atom is 0.326 e. The van der Waals surface area contributed by atoms with Crippen LogP contribution in [-0.4, -0.2) is 79.1 Å². The minimum absolute atomic E-state index is 0.0111. The molecule has 2 fully saturated rings. The van der Waals surface area contributed by atoms with Gasteiger partial charge < -0.3 is 19.3 Å². The second-order valence-corrected chi connectivity index (χ2v) is 24.1. The van der Waals surface area contributed by atoms with E-state index in [0.717, 1.165) is 5.41 Å². The van der Waals surface area contributed by atoms with Crippen LogP contribution in [0.1, 0.15) is 48.0 Å². The highest BCUT2D eigenvalue weighted by molar-refractivity contribution is 7.90. The molecule has 3 aliphatic heterocycles.